The van der Waals surface area contributed by atoms with Crippen LogP contribution < -0.4 is 11.1 Å². The van der Waals surface area contributed by atoms with Crippen molar-refractivity contribution in [2.45, 2.75) is 31.3 Å². The second-order valence-electron chi connectivity index (χ2n) is 6.37. The lowest BCUT2D eigenvalue weighted by atomic mass is 10.0. The summed E-state index contributed by atoms with van der Waals surface area (Å²) in [4.78, 5) is 26.3. The average molecular weight is 341 g/mol. The van der Waals surface area contributed by atoms with Crippen LogP contribution in [0.5, 0.6) is 0 Å². The van der Waals surface area contributed by atoms with Crippen molar-refractivity contribution in [1.29, 1.82) is 0 Å². The van der Waals surface area contributed by atoms with Gasteiger partial charge in [0.2, 0.25) is 5.91 Å². The molecule has 1 fully saturated rings. The van der Waals surface area contributed by atoms with Crippen LogP contribution in [-0.4, -0.2) is 35.8 Å². The second-order valence-corrected chi connectivity index (χ2v) is 6.37. The standard InChI is InChI=1S/C19H23N3O3/c20-17(14-4-2-1-3-5-14)12-18(23)21-16-6-9-22(10-7-16)19(24)15-8-11-25-13-15/h1-5,8,11,13,16-17H,6-7,9-10,12,20H2,(H,21,23). The van der Waals surface area contributed by atoms with Crippen molar-refractivity contribution in [3.05, 3.63) is 60.1 Å². The van der Waals surface area contributed by atoms with E-state index in [2.05, 4.69) is 5.32 Å². The Labute approximate surface area is 147 Å². The maximum absolute atomic E-state index is 12.3. The van der Waals surface area contributed by atoms with E-state index in [1.54, 1.807) is 11.0 Å². The summed E-state index contributed by atoms with van der Waals surface area (Å²) in [5.74, 6) is -0.0689. The molecule has 6 heteroatoms. The van der Waals surface area contributed by atoms with Gasteiger partial charge in [0.15, 0.2) is 0 Å². The number of rotatable bonds is 5. The third-order valence-electron chi connectivity index (χ3n) is 4.55. The topological polar surface area (TPSA) is 88.6 Å². The van der Waals surface area contributed by atoms with Gasteiger partial charge in [0.05, 0.1) is 11.8 Å². The van der Waals surface area contributed by atoms with Gasteiger partial charge in [0, 0.05) is 31.6 Å². The van der Waals surface area contributed by atoms with Crippen LogP contribution in [0.2, 0.25) is 0 Å². The van der Waals surface area contributed by atoms with E-state index in [0.29, 0.717) is 18.7 Å². The van der Waals surface area contributed by atoms with E-state index in [0.717, 1.165) is 18.4 Å². The summed E-state index contributed by atoms with van der Waals surface area (Å²) in [5, 5.41) is 3.04. The number of carbonyl (C=O) groups excluding carboxylic acids is 2. The van der Waals surface area contributed by atoms with Gasteiger partial charge in [0.25, 0.3) is 5.91 Å². The Morgan fingerprint density at radius 3 is 2.56 bits per heavy atom. The molecule has 1 unspecified atom stereocenters. The molecule has 0 radical (unpaired) electrons. The predicted molar refractivity (Wildman–Crippen MR) is 93.8 cm³/mol. The van der Waals surface area contributed by atoms with Crippen molar-refractivity contribution >= 4 is 11.8 Å². The minimum Gasteiger partial charge on any atom is -0.472 e. The van der Waals surface area contributed by atoms with E-state index in [1.165, 1.54) is 12.5 Å². The molecule has 1 atom stereocenters. The first-order valence-electron chi connectivity index (χ1n) is 8.55. The Kier molecular flexibility index (Phi) is 5.50. The molecular formula is C19H23N3O3. The van der Waals surface area contributed by atoms with E-state index < -0.39 is 0 Å². The number of nitrogens with zero attached hydrogens (tertiary/aromatic N) is 1. The highest BCUT2D eigenvalue weighted by molar-refractivity contribution is 5.93. The number of hydrogen-bond donors (Lipinski definition) is 2. The quantitative estimate of drug-likeness (QED) is 0.871. The van der Waals surface area contributed by atoms with E-state index in [9.17, 15) is 9.59 Å². The number of piperidine rings is 1. The number of amides is 2. The molecule has 2 aromatic rings. The third kappa shape index (κ3) is 4.48. The Morgan fingerprint density at radius 1 is 1.20 bits per heavy atom. The number of nitrogens with two attached hydrogens (primary N) is 1. The number of furan rings is 1. The fraction of sp³-hybridized carbons (Fsp3) is 0.368. The van der Waals surface area contributed by atoms with E-state index in [-0.39, 0.29) is 30.3 Å². The highest BCUT2D eigenvalue weighted by atomic mass is 16.3. The molecule has 1 saturated heterocycles. The number of nitrogens with one attached hydrogen (secondary N) is 1. The van der Waals surface area contributed by atoms with Crippen LogP contribution in [0.25, 0.3) is 0 Å². The zero-order chi connectivity index (χ0) is 17.6. The molecule has 0 bridgehead atoms. The maximum Gasteiger partial charge on any atom is 0.257 e. The van der Waals surface area contributed by atoms with Crippen molar-refractivity contribution in [2.24, 2.45) is 5.73 Å². The van der Waals surface area contributed by atoms with Gasteiger partial charge < -0.3 is 20.4 Å². The van der Waals surface area contributed by atoms with Gasteiger partial charge in [-0.15, -0.1) is 0 Å². The molecule has 1 aliphatic heterocycles. The van der Waals surface area contributed by atoms with Crippen LogP contribution in [0.1, 0.15) is 41.2 Å². The molecule has 25 heavy (non-hydrogen) atoms. The van der Waals surface area contributed by atoms with Crippen LogP contribution in [0, 0.1) is 0 Å². The molecule has 0 saturated carbocycles. The number of hydrogen-bond acceptors (Lipinski definition) is 4. The molecule has 2 heterocycles. The molecule has 6 nitrogen and oxygen atoms in total. The lowest BCUT2D eigenvalue weighted by Crippen LogP contribution is -2.46. The van der Waals surface area contributed by atoms with Crippen LogP contribution in [0.3, 0.4) is 0 Å². The largest absolute Gasteiger partial charge is 0.472 e. The summed E-state index contributed by atoms with van der Waals surface area (Å²) in [6.45, 7) is 1.25. The first-order chi connectivity index (χ1) is 12.1. The van der Waals surface area contributed by atoms with Crippen LogP contribution in [-0.2, 0) is 4.79 Å². The smallest absolute Gasteiger partial charge is 0.257 e. The van der Waals surface area contributed by atoms with Gasteiger partial charge in [-0.25, -0.2) is 0 Å². The summed E-state index contributed by atoms with van der Waals surface area (Å²) in [6.07, 6.45) is 4.71. The first-order valence-corrected chi connectivity index (χ1v) is 8.55. The molecule has 1 aliphatic rings. The van der Waals surface area contributed by atoms with Crippen LogP contribution >= 0.6 is 0 Å². The Hall–Kier alpha value is -2.60. The number of carbonyl (C=O) groups is 2. The van der Waals surface area contributed by atoms with Gasteiger partial charge >= 0.3 is 0 Å². The maximum atomic E-state index is 12.3. The van der Waals surface area contributed by atoms with Crippen LogP contribution in [0.15, 0.2) is 53.3 Å². The minimum atomic E-state index is -0.302. The van der Waals surface area contributed by atoms with Crippen molar-refractivity contribution in [1.82, 2.24) is 10.2 Å². The molecule has 3 rings (SSSR count). The molecule has 132 valence electrons. The monoisotopic (exact) mass is 341 g/mol. The van der Waals surface area contributed by atoms with E-state index >= 15 is 0 Å². The third-order valence-corrected chi connectivity index (χ3v) is 4.55. The minimum absolute atomic E-state index is 0.0235. The van der Waals surface area contributed by atoms with Gasteiger partial charge in [-0.3, -0.25) is 9.59 Å². The molecular weight excluding hydrogens is 318 g/mol. The number of benzene rings is 1. The summed E-state index contributed by atoms with van der Waals surface area (Å²) in [5.41, 5.74) is 7.62. The van der Waals surface area contributed by atoms with Crippen LogP contribution in [0.4, 0.5) is 0 Å². The van der Waals surface area contributed by atoms with E-state index in [4.69, 9.17) is 10.2 Å². The molecule has 1 aromatic heterocycles. The SMILES string of the molecule is NC(CC(=O)NC1CCN(C(=O)c2ccoc2)CC1)c1ccccc1. The fourth-order valence-corrected chi connectivity index (χ4v) is 3.10. The highest BCUT2D eigenvalue weighted by Crippen LogP contribution is 2.16. The van der Waals surface area contributed by atoms with Gasteiger partial charge in [-0.05, 0) is 24.5 Å². The molecule has 1 aromatic carbocycles. The Morgan fingerprint density at radius 2 is 1.92 bits per heavy atom. The summed E-state index contributed by atoms with van der Waals surface area (Å²) < 4.78 is 4.96. The predicted octanol–water partition coefficient (Wildman–Crippen LogP) is 2.09. The van der Waals surface area contributed by atoms with Gasteiger partial charge in [-0.1, -0.05) is 30.3 Å². The van der Waals surface area contributed by atoms with Gasteiger partial charge in [0.1, 0.15) is 6.26 Å². The summed E-state index contributed by atoms with van der Waals surface area (Å²) in [7, 11) is 0. The lowest BCUT2D eigenvalue weighted by Gasteiger charge is -2.32. The Balaban J connectivity index is 1.44. The van der Waals surface area contributed by atoms with Crippen molar-refractivity contribution in [3.8, 4) is 0 Å². The fourth-order valence-electron chi connectivity index (χ4n) is 3.10. The molecule has 0 aliphatic carbocycles. The zero-order valence-corrected chi connectivity index (χ0v) is 14.1. The molecule has 0 spiro atoms. The Bertz CT molecular complexity index is 692. The second kappa shape index (κ2) is 7.98. The summed E-state index contributed by atoms with van der Waals surface area (Å²) >= 11 is 0. The van der Waals surface area contributed by atoms with Crippen molar-refractivity contribution < 1.29 is 14.0 Å². The average Bonchev–Trinajstić information content (AvgIpc) is 3.17. The molecule has 2 amide bonds. The van der Waals surface area contributed by atoms with Crippen molar-refractivity contribution in [2.75, 3.05) is 13.1 Å². The van der Waals surface area contributed by atoms with Gasteiger partial charge in [-0.2, -0.15) is 0 Å². The lowest BCUT2D eigenvalue weighted by molar-refractivity contribution is -0.122. The zero-order valence-electron chi connectivity index (χ0n) is 14.1. The normalized spacial score (nSPS) is 16.4. The summed E-state index contributed by atoms with van der Waals surface area (Å²) in [6, 6.07) is 11.1. The highest BCUT2D eigenvalue weighted by Gasteiger charge is 2.25. The molecule has 3 N–H and O–H groups in total. The first kappa shape index (κ1) is 17.2. The number of likely N-dealkylation sites (tertiary alicyclic amines) is 1. The van der Waals surface area contributed by atoms with E-state index in [1.807, 2.05) is 30.3 Å². The van der Waals surface area contributed by atoms with Crippen molar-refractivity contribution in [3.63, 3.8) is 0 Å².